The molecule has 1 aliphatic rings. The van der Waals surface area contributed by atoms with Gasteiger partial charge in [-0.25, -0.2) is 4.79 Å². The first-order valence-corrected chi connectivity index (χ1v) is 12.2. The number of ether oxygens (including phenoxy) is 2. The maximum atomic E-state index is 13.8. The lowest BCUT2D eigenvalue weighted by Crippen LogP contribution is -2.28. The molecule has 37 heavy (non-hydrogen) atoms. The maximum Gasteiger partial charge on any atom is 0.418 e. The number of benzene rings is 2. The van der Waals surface area contributed by atoms with Gasteiger partial charge in [0, 0.05) is 16.6 Å². The van der Waals surface area contributed by atoms with E-state index >= 15 is 0 Å². The zero-order valence-corrected chi connectivity index (χ0v) is 21.2. The van der Waals surface area contributed by atoms with E-state index in [0.717, 1.165) is 42.5 Å². The molecule has 4 rings (SSSR count). The summed E-state index contributed by atoms with van der Waals surface area (Å²) in [7, 11) is 0. The van der Waals surface area contributed by atoms with Crippen LogP contribution < -0.4 is 10.9 Å². The number of nitrogens with one attached hydrogen (secondary N) is 1. The van der Waals surface area contributed by atoms with E-state index in [1.54, 1.807) is 12.1 Å². The Hall–Kier alpha value is -3.22. The van der Waals surface area contributed by atoms with Crippen LogP contribution >= 0.6 is 15.9 Å². The zero-order chi connectivity index (χ0) is 26.7. The van der Waals surface area contributed by atoms with Crippen molar-refractivity contribution in [3.8, 4) is 16.9 Å². The molecule has 0 radical (unpaired) electrons. The van der Waals surface area contributed by atoms with Gasteiger partial charge in [-0.3, -0.25) is 10.1 Å². The van der Waals surface area contributed by atoms with Crippen molar-refractivity contribution in [3.05, 3.63) is 74.0 Å². The van der Waals surface area contributed by atoms with Crippen LogP contribution in [0.5, 0.6) is 0 Å². The molecule has 1 saturated heterocycles. The van der Waals surface area contributed by atoms with E-state index < -0.39 is 34.8 Å². The second kappa shape index (κ2) is 11.0. The van der Waals surface area contributed by atoms with Crippen LogP contribution in [-0.4, -0.2) is 33.9 Å². The molecule has 1 unspecified atom stereocenters. The van der Waals surface area contributed by atoms with Crippen LogP contribution in [0.15, 0.2) is 51.7 Å². The van der Waals surface area contributed by atoms with Gasteiger partial charge in [-0.05, 0) is 68.1 Å². The van der Waals surface area contributed by atoms with Crippen LogP contribution in [0.25, 0.3) is 16.9 Å². The van der Waals surface area contributed by atoms with Crippen molar-refractivity contribution in [2.24, 2.45) is 0 Å². The minimum absolute atomic E-state index is 0.0929. The van der Waals surface area contributed by atoms with Gasteiger partial charge in [-0.1, -0.05) is 27.6 Å². The molecule has 0 spiro atoms. The van der Waals surface area contributed by atoms with Crippen LogP contribution in [-0.2, 0) is 22.3 Å². The number of halogens is 4. The highest BCUT2D eigenvalue weighted by atomic mass is 79.9. The number of amides is 1. The molecule has 1 amide bonds. The normalized spacial score (nSPS) is 16.0. The lowest BCUT2D eigenvalue weighted by atomic mass is 10.0. The van der Waals surface area contributed by atoms with Gasteiger partial charge in [0.05, 0.1) is 23.6 Å². The van der Waals surface area contributed by atoms with E-state index in [-0.39, 0.29) is 23.1 Å². The molecule has 8 nitrogen and oxygen atoms in total. The number of nitrogens with zero attached hydrogens (tertiary/aromatic N) is 2. The molecule has 2 N–H and O–H groups in total. The smallest absolute Gasteiger partial charge is 0.418 e. The first-order valence-electron chi connectivity index (χ1n) is 11.4. The number of hydrogen-bond donors (Lipinski definition) is 2. The van der Waals surface area contributed by atoms with Crippen molar-refractivity contribution in [1.82, 2.24) is 9.78 Å². The Kier molecular flexibility index (Phi) is 8.00. The van der Waals surface area contributed by atoms with E-state index in [0.29, 0.717) is 16.9 Å². The molecular formula is C25H23BrF3N3O5. The van der Waals surface area contributed by atoms with Crippen molar-refractivity contribution in [2.75, 3.05) is 11.9 Å². The number of carbonyl (C=O) groups is 1. The van der Waals surface area contributed by atoms with Crippen molar-refractivity contribution >= 4 is 27.7 Å². The fraction of sp³-hybridized carbons (Fsp3) is 0.320. The average Bonchev–Trinajstić information content (AvgIpc) is 2.83. The van der Waals surface area contributed by atoms with E-state index in [4.69, 9.17) is 9.47 Å². The molecule has 2 aromatic carbocycles. The van der Waals surface area contributed by atoms with Gasteiger partial charge >= 0.3 is 12.3 Å². The molecule has 1 fully saturated rings. The summed E-state index contributed by atoms with van der Waals surface area (Å²) in [5.41, 5.74) is -1.02. The summed E-state index contributed by atoms with van der Waals surface area (Å²) >= 11 is 3.13. The van der Waals surface area contributed by atoms with Crippen molar-refractivity contribution in [2.45, 2.75) is 45.3 Å². The van der Waals surface area contributed by atoms with Gasteiger partial charge in [-0.2, -0.15) is 23.0 Å². The van der Waals surface area contributed by atoms with Crippen LogP contribution in [0.4, 0.5) is 23.7 Å². The third-order valence-corrected chi connectivity index (χ3v) is 6.15. The lowest BCUT2D eigenvalue weighted by Gasteiger charge is -2.23. The second-order valence-corrected chi connectivity index (χ2v) is 9.48. The number of rotatable bonds is 6. The molecule has 12 heteroatoms. The van der Waals surface area contributed by atoms with Crippen LogP contribution in [0, 0.1) is 6.92 Å². The van der Waals surface area contributed by atoms with E-state index in [1.807, 2.05) is 18.3 Å². The summed E-state index contributed by atoms with van der Waals surface area (Å²) in [6.07, 6.45) is -3.88. The molecular weight excluding hydrogens is 559 g/mol. The highest BCUT2D eigenvalue weighted by molar-refractivity contribution is 9.10. The summed E-state index contributed by atoms with van der Waals surface area (Å²) in [5.74, 6) is 0. The number of alkyl halides is 3. The Balaban J connectivity index is 1.82. The van der Waals surface area contributed by atoms with Gasteiger partial charge in [0.25, 0.3) is 5.56 Å². The molecule has 0 aliphatic carbocycles. The first kappa shape index (κ1) is 26.8. The molecule has 1 aliphatic heterocycles. The Morgan fingerprint density at radius 2 is 2.03 bits per heavy atom. The van der Waals surface area contributed by atoms with E-state index in [9.17, 15) is 27.9 Å². The highest BCUT2D eigenvalue weighted by Gasteiger charge is 2.35. The predicted octanol–water partition coefficient (Wildman–Crippen LogP) is 6.12. The summed E-state index contributed by atoms with van der Waals surface area (Å²) in [4.78, 5) is 24.4. The summed E-state index contributed by atoms with van der Waals surface area (Å²) in [6, 6.07) is 9.65. The summed E-state index contributed by atoms with van der Waals surface area (Å²) in [6.45, 7) is 2.68. The number of aryl methyl sites for hydroxylation is 1. The molecule has 0 bridgehead atoms. The van der Waals surface area contributed by atoms with Crippen molar-refractivity contribution in [3.63, 3.8) is 0 Å². The third-order valence-electron chi connectivity index (χ3n) is 5.65. The predicted molar refractivity (Wildman–Crippen MR) is 133 cm³/mol. The molecule has 3 aromatic rings. The maximum absolute atomic E-state index is 13.8. The average molecular weight is 582 g/mol. The van der Waals surface area contributed by atoms with Crippen molar-refractivity contribution in [1.29, 1.82) is 0 Å². The number of anilines is 1. The standard InChI is InChI=1S/C25H23BrF3N3O5/c1-14-8-15(13-37-22-4-2-3-7-36-22)10-16(9-14)19-12-20(30-24(34)35)23(33)32(31-19)21-11-17(26)5-6-18(21)25(27,28)29/h5-6,8-12,22,30H,2-4,7,13H2,1H3,(H,34,35). The monoisotopic (exact) mass is 581 g/mol. The largest absolute Gasteiger partial charge is 0.465 e. The van der Waals surface area contributed by atoms with Crippen LogP contribution in [0.2, 0.25) is 0 Å². The quantitative estimate of drug-likeness (QED) is 0.363. The van der Waals surface area contributed by atoms with Gasteiger partial charge in [0.2, 0.25) is 0 Å². The molecule has 2 heterocycles. The zero-order valence-electron chi connectivity index (χ0n) is 19.6. The Morgan fingerprint density at radius 3 is 2.70 bits per heavy atom. The minimum Gasteiger partial charge on any atom is -0.465 e. The highest BCUT2D eigenvalue weighted by Crippen LogP contribution is 2.35. The van der Waals surface area contributed by atoms with Gasteiger partial charge in [0.15, 0.2) is 6.29 Å². The SMILES string of the molecule is Cc1cc(COC2CCCCO2)cc(-c2cc(NC(=O)O)c(=O)n(-c3cc(Br)ccc3C(F)(F)F)n2)c1. The number of hydrogen-bond acceptors (Lipinski definition) is 5. The molecule has 1 aromatic heterocycles. The van der Waals surface area contributed by atoms with E-state index in [1.165, 1.54) is 12.1 Å². The summed E-state index contributed by atoms with van der Waals surface area (Å²) < 4.78 is 53.6. The summed E-state index contributed by atoms with van der Waals surface area (Å²) in [5, 5.41) is 15.4. The van der Waals surface area contributed by atoms with Crippen LogP contribution in [0.3, 0.4) is 0 Å². The Labute approximate surface area is 218 Å². The van der Waals surface area contributed by atoms with E-state index in [2.05, 4.69) is 21.0 Å². The Bertz CT molecular complexity index is 1370. The van der Waals surface area contributed by atoms with Gasteiger partial charge in [0.1, 0.15) is 5.69 Å². The minimum atomic E-state index is -4.79. The number of carboxylic acid groups (broad SMARTS) is 1. The third kappa shape index (κ3) is 6.56. The lowest BCUT2D eigenvalue weighted by molar-refractivity contribution is -0.168. The Morgan fingerprint density at radius 1 is 1.24 bits per heavy atom. The van der Waals surface area contributed by atoms with Crippen molar-refractivity contribution < 1.29 is 32.5 Å². The fourth-order valence-electron chi connectivity index (χ4n) is 4.05. The molecule has 0 saturated carbocycles. The first-order chi connectivity index (χ1) is 17.5. The second-order valence-electron chi connectivity index (χ2n) is 8.56. The molecule has 1 atom stereocenters. The fourth-order valence-corrected chi connectivity index (χ4v) is 4.40. The number of aromatic nitrogens is 2. The van der Waals surface area contributed by atoms with Gasteiger partial charge < -0.3 is 14.6 Å². The van der Waals surface area contributed by atoms with Gasteiger partial charge in [-0.15, -0.1) is 0 Å². The topological polar surface area (TPSA) is 103 Å². The molecule has 196 valence electrons. The van der Waals surface area contributed by atoms with Crippen LogP contribution in [0.1, 0.15) is 36.0 Å².